The topological polar surface area (TPSA) is 35.2 Å². The first-order chi connectivity index (χ1) is 6.26. The minimum Gasteiger partial charge on any atom is -0.496 e. The summed E-state index contributed by atoms with van der Waals surface area (Å²) in [6.45, 7) is 2.83. The number of hydrogen-bond donors (Lipinski definition) is 1. The first kappa shape index (κ1) is 8.57. The van der Waals surface area contributed by atoms with Gasteiger partial charge >= 0.3 is 0 Å². The highest BCUT2D eigenvalue weighted by Crippen LogP contribution is 2.38. The summed E-state index contributed by atoms with van der Waals surface area (Å²) in [6.07, 6.45) is 1.14. The van der Waals surface area contributed by atoms with E-state index >= 15 is 0 Å². The highest BCUT2D eigenvalue weighted by molar-refractivity contribution is 5.49. The molecule has 0 aromatic heterocycles. The number of rotatable bonds is 2. The molecule has 0 bridgehead atoms. The van der Waals surface area contributed by atoms with Gasteiger partial charge in [0.15, 0.2) is 0 Å². The molecule has 70 valence electrons. The Hall–Kier alpha value is -1.02. The molecule has 1 unspecified atom stereocenters. The Bertz CT molecular complexity index is 333. The van der Waals surface area contributed by atoms with Crippen molar-refractivity contribution in [1.29, 1.82) is 0 Å². The van der Waals surface area contributed by atoms with E-state index in [9.17, 15) is 0 Å². The normalized spacial score (nSPS) is 19.2. The predicted molar refractivity (Wildman–Crippen MR) is 53.2 cm³/mol. The minimum absolute atomic E-state index is 0.560. The number of methoxy groups -OCH3 is 1. The summed E-state index contributed by atoms with van der Waals surface area (Å²) in [4.78, 5) is 0. The molecule has 0 saturated carbocycles. The number of fused-ring (bicyclic) bond motifs is 1. The van der Waals surface area contributed by atoms with Gasteiger partial charge in [-0.25, -0.2) is 0 Å². The molecule has 0 heterocycles. The minimum atomic E-state index is 0.560. The van der Waals surface area contributed by atoms with Gasteiger partial charge in [0.05, 0.1) is 7.11 Å². The van der Waals surface area contributed by atoms with Crippen LogP contribution in [-0.4, -0.2) is 13.7 Å². The van der Waals surface area contributed by atoms with Crippen molar-refractivity contribution < 1.29 is 4.74 Å². The summed E-state index contributed by atoms with van der Waals surface area (Å²) in [5.41, 5.74) is 9.67. The standard InChI is InChI=1S/C11H15NO/c1-7-3-8-4-9(6-12)10(8)5-11(7)13-2/h3,5,9H,4,6,12H2,1-2H3. The van der Waals surface area contributed by atoms with Crippen LogP contribution < -0.4 is 10.5 Å². The van der Waals surface area contributed by atoms with Gasteiger partial charge in [-0.1, -0.05) is 6.07 Å². The zero-order valence-corrected chi connectivity index (χ0v) is 8.13. The first-order valence-corrected chi connectivity index (χ1v) is 4.63. The second-order valence-electron chi connectivity index (χ2n) is 3.66. The molecule has 0 aliphatic heterocycles. The van der Waals surface area contributed by atoms with Crippen LogP contribution in [0.3, 0.4) is 0 Å². The fourth-order valence-electron chi connectivity index (χ4n) is 1.99. The van der Waals surface area contributed by atoms with E-state index in [1.807, 2.05) is 0 Å². The van der Waals surface area contributed by atoms with Crippen LogP contribution in [0.15, 0.2) is 12.1 Å². The maximum absolute atomic E-state index is 5.64. The maximum atomic E-state index is 5.64. The van der Waals surface area contributed by atoms with Crippen LogP contribution in [0.2, 0.25) is 0 Å². The van der Waals surface area contributed by atoms with Gasteiger partial charge in [0.2, 0.25) is 0 Å². The highest BCUT2D eigenvalue weighted by Gasteiger charge is 2.25. The fraction of sp³-hybridized carbons (Fsp3) is 0.455. The number of aryl methyl sites for hydroxylation is 1. The maximum Gasteiger partial charge on any atom is 0.122 e. The Morgan fingerprint density at radius 3 is 2.92 bits per heavy atom. The van der Waals surface area contributed by atoms with Crippen molar-refractivity contribution in [3.05, 3.63) is 28.8 Å². The molecule has 0 spiro atoms. The van der Waals surface area contributed by atoms with E-state index in [4.69, 9.17) is 10.5 Å². The van der Waals surface area contributed by atoms with E-state index in [0.717, 1.165) is 18.7 Å². The second kappa shape index (κ2) is 3.04. The lowest BCUT2D eigenvalue weighted by atomic mass is 9.77. The van der Waals surface area contributed by atoms with Crippen LogP contribution in [0.4, 0.5) is 0 Å². The van der Waals surface area contributed by atoms with Crippen molar-refractivity contribution in [2.24, 2.45) is 5.73 Å². The largest absolute Gasteiger partial charge is 0.496 e. The van der Waals surface area contributed by atoms with Crippen LogP contribution in [0, 0.1) is 6.92 Å². The molecule has 13 heavy (non-hydrogen) atoms. The first-order valence-electron chi connectivity index (χ1n) is 4.63. The van der Waals surface area contributed by atoms with Crippen molar-refractivity contribution in [2.45, 2.75) is 19.3 Å². The SMILES string of the molecule is COc1cc2c(cc1C)CC2CN. The molecule has 2 N–H and O–H groups in total. The molecule has 0 amide bonds. The van der Waals surface area contributed by atoms with Gasteiger partial charge < -0.3 is 10.5 Å². The number of benzene rings is 1. The monoisotopic (exact) mass is 177 g/mol. The van der Waals surface area contributed by atoms with E-state index in [-0.39, 0.29) is 0 Å². The Balaban J connectivity index is 2.39. The van der Waals surface area contributed by atoms with Gasteiger partial charge in [-0.2, -0.15) is 0 Å². The molecule has 1 atom stereocenters. The van der Waals surface area contributed by atoms with Gasteiger partial charge in [-0.15, -0.1) is 0 Å². The molecule has 1 aromatic carbocycles. The van der Waals surface area contributed by atoms with Crippen LogP contribution in [0.5, 0.6) is 5.75 Å². The lowest BCUT2D eigenvalue weighted by Crippen LogP contribution is -2.24. The Labute approximate surface area is 78.7 Å². The van der Waals surface area contributed by atoms with E-state index in [1.165, 1.54) is 16.7 Å². The van der Waals surface area contributed by atoms with Crippen molar-refractivity contribution in [3.63, 3.8) is 0 Å². The van der Waals surface area contributed by atoms with Crippen molar-refractivity contribution in [1.82, 2.24) is 0 Å². The van der Waals surface area contributed by atoms with Gasteiger partial charge in [0.1, 0.15) is 5.75 Å². The average Bonchev–Trinajstić information content (AvgIpc) is 2.11. The summed E-state index contributed by atoms with van der Waals surface area (Å²) in [5.74, 6) is 1.54. The Morgan fingerprint density at radius 1 is 1.54 bits per heavy atom. The lowest BCUT2D eigenvalue weighted by Gasteiger charge is -2.30. The van der Waals surface area contributed by atoms with Crippen LogP contribution >= 0.6 is 0 Å². The molecule has 0 fully saturated rings. The molecule has 2 nitrogen and oxygen atoms in total. The highest BCUT2D eigenvalue weighted by atomic mass is 16.5. The van der Waals surface area contributed by atoms with Crippen molar-refractivity contribution in [3.8, 4) is 5.75 Å². The summed E-state index contributed by atoms with van der Waals surface area (Å²) in [6, 6.07) is 4.34. The van der Waals surface area contributed by atoms with Gasteiger partial charge in [0, 0.05) is 5.92 Å². The van der Waals surface area contributed by atoms with Crippen LogP contribution in [0.1, 0.15) is 22.6 Å². The average molecular weight is 177 g/mol. The summed E-state index contributed by atoms with van der Waals surface area (Å²) in [7, 11) is 1.71. The van der Waals surface area contributed by atoms with E-state index < -0.39 is 0 Å². The number of nitrogens with two attached hydrogens (primary N) is 1. The molecule has 1 aromatic rings. The third-order valence-corrected chi connectivity index (χ3v) is 2.85. The zero-order valence-electron chi connectivity index (χ0n) is 8.13. The molecular weight excluding hydrogens is 162 g/mol. The van der Waals surface area contributed by atoms with Gasteiger partial charge in [-0.05, 0) is 42.6 Å². The van der Waals surface area contributed by atoms with Gasteiger partial charge in [0.25, 0.3) is 0 Å². The van der Waals surface area contributed by atoms with Gasteiger partial charge in [-0.3, -0.25) is 0 Å². The van der Waals surface area contributed by atoms with Crippen LogP contribution in [0.25, 0.3) is 0 Å². The lowest BCUT2D eigenvalue weighted by molar-refractivity contribution is 0.409. The van der Waals surface area contributed by atoms with Crippen molar-refractivity contribution in [2.75, 3.05) is 13.7 Å². The second-order valence-corrected chi connectivity index (χ2v) is 3.66. The summed E-state index contributed by atoms with van der Waals surface area (Å²) < 4.78 is 5.27. The van der Waals surface area contributed by atoms with E-state index in [1.54, 1.807) is 7.11 Å². The molecule has 1 aliphatic carbocycles. The molecule has 1 aliphatic rings. The zero-order chi connectivity index (χ0) is 9.42. The Morgan fingerprint density at radius 2 is 2.31 bits per heavy atom. The Kier molecular flexibility index (Phi) is 2.00. The molecule has 0 radical (unpaired) electrons. The third kappa shape index (κ3) is 1.22. The smallest absolute Gasteiger partial charge is 0.122 e. The van der Waals surface area contributed by atoms with E-state index in [2.05, 4.69) is 19.1 Å². The number of hydrogen-bond acceptors (Lipinski definition) is 2. The predicted octanol–water partition coefficient (Wildman–Crippen LogP) is 1.60. The molecular formula is C11H15NO. The van der Waals surface area contributed by atoms with Crippen LogP contribution in [-0.2, 0) is 6.42 Å². The number of ether oxygens (including phenoxy) is 1. The fourth-order valence-corrected chi connectivity index (χ4v) is 1.99. The molecule has 2 heteroatoms. The van der Waals surface area contributed by atoms with Crippen molar-refractivity contribution >= 4 is 0 Å². The third-order valence-electron chi connectivity index (χ3n) is 2.85. The summed E-state index contributed by atoms with van der Waals surface area (Å²) in [5, 5.41) is 0. The molecule has 2 rings (SSSR count). The van der Waals surface area contributed by atoms with E-state index in [0.29, 0.717) is 5.92 Å². The molecule has 0 saturated heterocycles. The quantitative estimate of drug-likeness (QED) is 0.744. The summed E-state index contributed by atoms with van der Waals surface area (Å²) >= 11 is 0.